The lowest BCUT2D eigenvalue weighted by atomic mass is 9.83. The molecule has 0 amide bonds. The fourth-order valence-corrected chi connectivity index (χ4v) is 3.11. The van der Waals surface area contributed by atoms with Crippen LogP contribution in [-0.4, -0.2) is 19.1 Å². The van der Waals surface area contributed by atoms with E-state index in [0.29, 0.717) is 23.3 Å². The summed E-state index contributed by atoms with van der Waals surface area (Å²) in [5.41, 5.74) is 8.45. The average molecular weight is 290 g/mol. The molecule has 1 aliphatic carbocycles. The van der Waals surface area contributed by atoms with E-state index in [4.69, 9.17) is 10.5 Å². The lowest BCUT2D eigenvalue weighted by Crippen LogP contribution is -2.26. The zero-order valence-electron chi connectivity index (χ0n) is 13.1. The maximum Gasteiger partial charge on any atom is 0.338 e. The topological polar surface area (TPSA) is 64.3 Å². The molecule has 0 unspecified atom stereocenters. The molecular formula is C17H26N2O2. The van der Waals surface area contributed by atoms with Gasteiger partial charge in [-0.15, -0.1) is 0 Å². The highest BCUT2D eigenvalue weighted by Crippen LogP contribution is 2.41. The first-order valence-electron chi connectivity index (χ1n) is 7.91. The number of nitrogen functional groups attached to an aromatic ring is 1. The first-order chi connectivity index (χ1) is 10.1. The number of carbonyl (C=O) groups excluding carboxylic acids is 1. The Labute approximate surface area is 127 Å². The van der Waals surface area contributed by atoms with Crippen molar-refractivity contribution in [3.05, 3.63) is 23.8 Å². The molecule has 4 heteroatoms. The van der Waals surface area contributed by atoms with Gasteiger partial charge in [-0.2, -0.15) is 0 Å². The van der Waals surface area contributed by atoms with Crippen LogP contribution in [0.3, 0.4) is 0 Å². The third kappa shape index (κ3) is 3.69. The van der Waals surface area contributed by atoms with Gasteiger partial charge in [0.05, 0.1) is 23.5 Å². The van der Waals surface area contributed by atoms with Crippen LogP contribution in [0.5, 0.6) is 0 Å². The van der Waals surface area contributed by atoms with Gasteiger partial charge < -0.3 is 15.8 Å². The molecule has 3 N–H and O–H groups in total. The van der Waals surface area contributed by atoms with Gasteiger partial charge in [-0.25, -0.2) is 4.79 Å². The lowest BCUT2D eigenvalue weighted by Gasteiger charge is -2.28. The molecule has 1 aliphatic rings. The molecular weight excluding hydrogens is 264 g/mol. The molecule has 1 saturated carbocycles. The monoisotopic (exact) mass is 290 g/mol. The van der Waals surface area contributed by atoms with Gasteiger partial charge in [-0.1, -0.05) is 19.8 Å². The van der Waals surface area contributed by atoms with Crippen molar-refractivity contribution in [3.8, 4) is 0 Å². The maximum absolute atomic E-state index is 11.8. The van der Waals surface area contributed by atoms with E-state index >= 15 is 0 Å². The third-order valence-electron chi connectivity index (χ3n) is 4.63. The van der Waals surface area contributed by atoms with Crippen LogP contribution in [-0.2, 0) is 4.74 Å². The summed E-state index contributed by atoms with van der Waals surface area (Å²) in [6, 6.07) is 5.27. The lowest BCUT2D eigenvalue weighted by molar-refractivity contribution is 0.0526. The number of benzene rings is 1. The van der Waals surface area contributed by atoms with Crippen LogP contribution in [0.2, 0.25) is 0 Å². The molecule has 1 aromatic rings. The normalized spacial score (nSPS) is 16.7. The smallest absolute Gasteiger partial charge is 0.338 e. The van der Waals surface area contributed by atoms with E-state index in [1.165, 1.54) is 32.1 Å². The second kappa shape index (κ2) is 6.83. The molecule has 0 atom stereocenters. The Morgan fingerprint density at radius 2 is 2.05 bits per heavy atom. The summed E-state index contributed by atoms with van der Waals surface area (Å²) in [4.78, 5) is 11.8. The Morgan fingerprint density at radius 1 is 1.33 bits per heavy atom. The molecule has 1 aromatic carbocycles. The number of carbonyl (C=O) groups is 1. The summed E-state index contributed by atoms with van der Waals surface area (Å²) in [7, 11) is 0. The second-order valence-electron chi connectivity index (χ2n) is 5.94. The van der Waals surface area contributed by atoms with Crippen molar-refractivity contribution in [1.82, 2.24) is 0 Å². The van der Waals surface area contributed by atoms with Gasteiger partial charge in [0, 0.05) is 6.54 Å². The first kappa shape index (κ1) is 15.7. The van der Waals surface area contributed by atoms with Crippen molar-refractivity contribution in [3.63, 3.8) is 0 Å². The number of ether oxygens (including phenoxy) is 1. The highest BCUT2D eigenvalue weighted by molar-refractivity contribution is 5.92. The Bertz CT molecular complexity index is 494. The van der Waals surface area contributed by atoms with Crippen molar-refractivity contribution in [2.45, 2.75) is 46.0 Å². The molecule has 0 saturated heterocycles. The number of rotatable bonds is 6. The summed E-state index contributed by atoms with van der Waals surface area (Å²) >= 11 is 0. The summed E-state index contributed by atoms with van der Waals surface area (Å²) in [6.45, 7) is 5.36. The fourth-order valence-electron chi connectivity index (χ4n) is 3.11. The minimum absolute atomic E-state index is 0.299. The summed E-state index contributed by atoms with van der Waals surface area (Å²) < 4.78 is 5.03. The number of hydrogen-bond acceptors (Lipinski definition) is 4. The first-order valence-corrected chi connectivity index (χ1v) is 7.91. The maximum atomic E-state index is 11.8. The molecule has 0 aromatic heterocycles. The standard InChI is InChI=1S/C17H26N2O2/c1-3-17(9-5-6-10-17)12-19-15-11-13(7-8-14(15)18)16(20)21-4-2/h7-8,11,19H,3-6,9-10,12,18H2,1-2H3. The summed E-state index contributed by atoms with van der Waals surface area (Å²) in [5, 5.41) is 3.45. The Balaban J connectivity index is 2.08. The number of anilines is 2. The van der Waals surface area contributed by atoms with Gasteiger partial charge >= 0.3 is 5.97 Å². The number of nitrogens with two attached hydrogens (primary N) is 1. The van der Waals surface area contributed by atoms with Crippen molar-refractivity contribution < 1.29 is 9.53 Å². The molecule has 1 fully saturated rings. The van der Waals surface area contributed by atoms with Gasteiger partial charge in [-0.3, -0.25) is 0 Å². The molecule has 4 nitrogen and oxygen atoms in total. The van der Waals surface area contributed by atoms with E-state index in [9.17, 15) is 4.79 Å². The van der Waals surface area contributed by atoms with Crippen molar-refractivity contribution in [1.29, 1.82) is 0 Å². The minimum atomic E-state index is -0.299. The van der Waals surface area contributed by atoms with Crippen LogP contribution < -0.4 is 11.1 Å². The quantitative estimate of drug-likeness (QED) is 0.617. The predicted octanol–water partition coefficient (Wildman–Crippen LogP) is 3.83. The van der Waals surface area contributed by atoms with Gasteiger partial charge in [0.25, 0.3) is 0 Å². The van der Waals surface area contributed by atoms with Crippen LogP contribution in [0.4, 0.5) is 11.4 Å². The number of nitrogens with one attached hydrogen (secondary N) is 1. The number of hydrogen-bond donors (Lipinski definition) is 2. The Hall–Kier alpha value is -1.71. The van der Waals surface area contributed by atoms with Crippen molar-refractivity contribution >= 4 is 17.3 Å². The highest BCUT2D eigenvalue weighted by Gasteiger charge is 2.31. The fraction of sp³-hybridized carbons (Fsp3) is 0.588. The zero-order valence-corrected chi connectivity index (χ0v) is 13.1. The summed E-state index contributed by atoms with van der Waals surface area (Å²) in [5.74, 6) is -0.299. The van der Waals surface area contributed by atoms with E-state index < -0.39 is 0 Å². The largest absolute Gasteiger partial charge is 0.462 e. The van der Waals surface area contributed by atoms with E-state index in [0.717, 1.165) is 12.2 Å². The van der Waals surface area contributed by atoms with Crippen LogP contribution in [0.1, 0.15) is 56.3 Å². The van der Waals surface area contributed by atoms with E-state index in [2.05, 4.69) is 12.2 Å². The SMILES string of the molecule is CCOC(=O)c1ccc(N)c(NCC2(CC)CCCC2)c1. The van der Waals surface area contributed by atoms with Crippen molar-refractivity contribution in [2.75, 3.05) is 24.2 Å². The number of esters is 1. The average Bonchev–Trinajstić information content (AvgIpc) is 2.96. The van der Waals surface area contributed by atoms with Crippen molar-refractivity contribution in [2.24, 2.45) is 5.41 Å². The Morgan fingerprint density at radius 3 is 2.67 bits per heavy atom. The van der Waals surface area contributed by atoms with E-state index in [1.54, 1.807) is 25.1 Å². The van der Waals surface area contributed by atoms with E-state index in [-0.39, 0.29) is 5.97 Å². The molecule has 0 spiro atoms. The van der Waals surface area contributed by atoms with Crippen LogP contribution in [0.15, 0.2) is 18.2 Å². The van der Waals surface area contributed by atoms with E-state index in [1.807, 2.05) is 0 Å². The van der Waals surface area contributed by atoms with Gasteiger partial charge in [-0.05, 0) is 49.8 Å². The van der Waals surface area contributed by atoms with Gasteiger partial charge in [0.15, 0.2) is 0 Å². The van der Waals surface area contributed by atoms with Crippen LogP contribution in [0.25, 0.3) is 0 Å². The third-order valence-corrected chi connectivity index (χ3v) is 4.63. The molecule has 21 heavy (non-hydrogen) atoms. The minimum Gasteiger partial charge on any atom is -0.462 e. The highest BCUT2D eigenvalue weighted by atomic mass is 16.5. The Kier molecular flexibility index (Phi) is 5.10. The predicted molar refractivity (Wildman–Crippen MR) is 86.5 cm³/mol. The van der Waals surface area contributed by atoms with Crippen LogP contribution >= 0.6 is 0 Å². The molecule has 0 aliphatic heterocycles. The van der Waals surface area contributed by atoms with Gasteiger partial charge in [0.1, 0.15) is 0 Å². The molecule has 0 radical (unpaired) electrons. The molecule has 116 valence electrons. The summed E-state index contributed by atoms with van der Waals surface area (Å²) in [6.07, 6.45) is 6.35. The van der Waals surface area contributed by atoms with Crippen LogP contribution in [0, 0.1) is 5.41 Å². The molecule has 2 rings (SSSR count). The zero-order chi connectivity index (χ0) is 15.3. The molecule has 0 bridgehead atoms. The second-order valence-corrected chi connectivity index (χ2v) is 5.94. The molecule has 0 heterocycles. The van der Waals surface area contributed by atoms with Gasteiger partial charge in [0.2, 0.25) is 0 Å².